The van der Waals surface area contributed by atoms with Crippen molar-refractivity contribution in [1.29, 1.82) is 0 Å². The van der Waals surface area contributed by atoms with Crippen LogP contribution < -0.4 is 14.8 Å². The maximum atomic E-state index is 14.0. The molecule has 0 aliphatic carbocycles. The zero-order valence-corrected chi connectivity index (χ0v) is 21.4. The molecule has 1 amide bonds. The Morgan fingerprint density at radius 2 is 1.97 bits per heavy atom. The lowest BCUT2D eigenvalue weighted by molar-refractivity contribution is -0.146. The SMILES string of the molecule is C=CCN1C(=O)[C@@]2(O[C@@H](CCO)[C@H]([Si](C)(C)c3ccc(OC)cc3)[C@H]2C)c2cc(Cl)ccc21. The van der Waals surface area contributed by atoms with Gasteiger partial charge in [0, 0.05) is 29.7 Å². The van der Waals surface area contributed by atoms with Gasteiger partial charge in [-0.15, -0.1) is 6.58 Å². The van der Waals surface area contributed by atoms with Crippen LogP contribution in [0.25, 0.3) is 0 Å². The topological polar surface area (TPSA) is 59.0 Å². The summed E-state index contributed by atoms with van der Waals surface area (Å²) in [7, 11) is -0.498. The largest absolute Gasteiger partial charge is 0.497 e. The number of halogens is 1. The minimum atomic E-state index is -2.16. The predicted molar refractivity (Wildman–Crippen MR) is 135 cm³/mol. The number of benzene rings is 2. The number of amides is 1. The minimum Gasteiger partial charge on any atom is -0.497 e. The third-order valence-corrected chi connectivity index (χ3v) is 12.1. The maximum Gasteiger partial charge on any atom is 0.264 e. The Kier molecular flexibility index (Phi) is 6.48. The van der Waals surface area contributed by atoms with Crippen LogP contribution in [-0.2, 0) is 15.1 Å². The van der Waals surface area contributed by atoms with E-state index >= 15 is 0 Å². The number of nitrogens with zero attached hydrogens (tertiary/aromatic N) is 1. The average Bonchev–Trinajstić information content (AvgIpc) is 3.21. The molecule has 2 aliphatic rings. The molecule has 0 radical (unpaired) electrons. The summed E-state index contributed by atoms with van der Waals surface area (Å²) in [6, 6.07) is 13.8. The number of ether oxygens (including phenoxy) is 2. The second-order valence-electron chi connectivity index (χ2n) is 9.53. The van der Waals surface area contributed by atoms with Crippen LogP contribution in [0.2, 0.25) is 23.7 Å². The molecule has 2 aromatic carbocycles. The molecule has 176 valence electrons. The van der Waals surface area contributed by atoms with Gasteiger partial charge in [0.1, 0.15) is 5.75 Å². The first-order valence-corrected chi connectivity index (χ1v) is 14.8. The van der Waals surface area contributed by atoms with Gasteiger partial charge in [0.2, 0.25) is 0 Å². The van der Waals surface area contributed by atoms with Crippen LogP contribution in [-0.4, -0.2) is 45.5 Å². The normalized spacial score (nSPS) is 26.7. The molecule has 4 atom stereocenters. The second kappa shape index (κ2) is 8.91. The third kappa shape index (κ3) is 3.64. The molecule has 4 rings (SSSR count). The van der Waals surface area contributed by atoms with E-state index in [4.69, 9.17) is 21.1 Å². The van der Waals surface area contributed by atoms with E-state index in [0.717, 1.165) is 17.0 Å². The van der Waals surface area contributed by atoms with Crippen molar-refractivity contribution >= 4 is 36.5 Å². The van der Waals surface area contributed by atoms with Crippen LogP contribution in [0, 0.1) is 5.92 Å². The molecule has 2 heterocycles. The molecule has 1 fully saturated rings. The molecule has 0 unspecified atom stereocenters. The highest BCUT2D eigenvalue weighted by molar-refractivity contribution is 6.91. The Balaban J connectivity index is 1.84. The highest BCUT2D eigenvalue weighted by Crippen LogP contribution is 2.60. The van der Waals surface area contributed by atoms with Crippen LogP contribution in [0.15, 0.2) is 55.1 Å². The first-order valence-electron chi connectivity index (χ1n) is 11.4. The molecule has 1 spiro atoms. The van der Waals surface area contributed by atoms with Crippen molar-refractivity contribution in [3.8, 4) is 5.75 Å². The number of anilines is 1. The molecule has 0 bridgehead atoms. The van der Waals surface area contributed by atoms with Gasteiger partial charge in [-0.1, -0.05) is 55.0 Å². The molecule has 2 aromatic rings. The van der Waals surface area contributed by atoms with Crippen molar-refractivity contribution in [2.45, 2.75) is 43.7 Å². The first kappa shape index (κ1) is 24.0. The van der Waals surface area contributed by atoms with Crippen molar-refractivity contribution < 1.29 is 19.4 Å². The van der Waals surface area contributed by atoms with Crippen molar-refractivity contribution in [2.24, 2.45) is 5.92 Å². The van der Waals surface area contributed by atoms with E-state index in [1.54, 1.807) is 24.2 Å². The molecular weight excluding hydrogens is 454 g/mol. The van der Waals surface area contributed by atoms with Gasteiger partial charge in [0.05, 0.1) is 27.0 Å². The number of carbonyl (C=O) groups is 1. The van der Waals surface area contributed by atoms with E-state index in [1.165, 1.54) is 5.19 Å². The van der Waals surface area contributed by atoms with Crippen molar-refractivity contribution in [1.82, 2.24) is 0 Å². The van der Waals surface area contributed by atoms with E-state index in [0.29, 0.717) is 18.0 Å². The van der Waals surface area contributed by atoms with E-state index in [-0.39, 0.29) is 30.1 Å². The number of fused-ring (bicyclic) bond motifs is 2. The van der Waals surface area contributed by atoms with Gasteiger partial charge in [-0.3, -0.25) is 4.79 Å². The number of rotatable bonds is 7. The summed E-state index contributed by atoms with van der Waals surface area (Å²) in [5, 5.41) is 11.7. The fourth-order valence-electron chi connectivity index (χ4n) is 5.99. The lowest BCUT2D eigenvalue weighted by Gasteiger charge is -2.37. The fraction of sp³-hybridized carbons (Fsp3) is 0.423. The third-order valence-electron chi connectivity index (χ3n) is 7.52. The predicted octanol–water partition coefficient (Wildman–Crippen LogP) is 4.48. The monoisotopic (exact) mass is 485 g/mol. The molecule has 0 aromatic heterocycles. The molecule has 0 saturated carbocycles. The zero-order valence-electron chi connectivity index (χ0n) is 19.7. The highest BCUT2D eigenvalue weighted by atomic mass is 35.5. The van der Waals surface area contributed by atoms with Crippen molar-refractivity contribution in [2.75, 3.05) is 25.2 Å². The first-order chi connectivity index (χ1) is 15.7. The van der Waals surface area contributed by atoms with E-state index in [2.05, 4.69) is 38.7 Å². The molecule has 2 aliphatic heterocycles. The average molecular weight is 486 g/mol. The van der Waals surface area contributed by atoms with Gasteiger partial charge in [-0.25, -0.2) is 0 Å². The van der Waals surface area contributed by atoms with Gasteiger partial charge >= 0.3 is 0 Å². The lowest BCUT2D eigenvalue weighted by atomic mass is 9.82. The Morgan fingerprint density at radius 1 is 1.27 bits per heavy atom. The van der Waals surface area contributed by atoms with Crippen LogP contribution in [0.3, 0.4) is 0 Å². The number of aliphatic hydroxyl groups excluding tert-OH is 1. The molecular formula is C26H32ClNO4Si. The molecule has 1 N–H and O–H groups in total. The van der Waals surface area contributed by atoms with E-state index < -0.39 is 13.7 Å². The lowest BCUT2D eigenvalue weighted by Crippen LogP contribution is -2.51. The van der Waals surface area contributed by atoms with Crippen LogP contribution in [0.1, 0.15) is 18.9 Å². The number of hydrogen-bond donors (Lipinski definition) is 1. The van der Waals surface area contributed by atoms with Gasteiger partial charge < -0.3 is 19.5 Å². The van der Waals surface area contributed by atoms with Crippen LogP contribution in [0.5, 0.6) is 5.75 Å². The Hall–Kier alpha value is -2.12. The van der Waals surface area contributed by atoms with Gasteiger partial charge in [-0.2, -0.15) is 0 Å². The molecule has 5 nitrogen and oxygen atoms in total. The summed E-state index contributed by atoms with van der Waals surface area (Å²) in [4.78, 5) is 15.7. The fourth-order valence-corrected chi connectivity index (χ4v) is 10.2. The summed E-state index contributed by atoms with van der Waals surface area (Å²) in [6.45, 7) is 11.0. The van der Waals surface area contributed by atoms with Crippen LogP contribution >= 0.6 is 11.6 Å². The maximum absolute atomic E-state index is 14.0. The zero-order chi connectivity index (χ0) is 24.0. The summed E-state index contributed by atoms with van der Waals surface area (Å²) >= 11 is 6.40. The number of hydrogen-bond acceptors (Lipinski definition) is 4. The molecule has 7 heteroatoms. The number of carbonyl (C=O) groups excluding carboxylic acids is 1. The Labute approximate surface area is 202 Å². The van der Waals surface area contributed by atoms with Gasteiger partial charge in [0.25, 0.3) is 5.91 Å². The molecule has 1 saturated heterocycles. The van der Waals surface area contributed by atoms with Gasteiger partial charge in [0.15, 0.2) is 5.60 Å². The van der Waals surface area contributed by atoms with Crippen LogP contribution in [0.4, 0.5) is 5.69 Å². The van der Waals surface area contributed by atoms with E-state index in [9.17, 15) is 9.90 Å². The summed E-state index contributed by atoms with van der Waals surface area (Å²) in [5.74, 6) is 0.645. The van der Waals surface area contributed by atoms with Crippen molar-refractivity contribution in [3.05, 3.63) is 65.7 Å². The minimum absolute atomic E-state index is 0.00399. The Morgan fingerprint density at radius 3 is 2.58 bits per heavy atom. The Bertz CT molecular complexity index is 1060. The van der Waals surface area contributed by atoms with Gasteiger partial charge in [-0.05, 0) is 42.3 Å². The summed E-state index contributed by atoms with van der Waals surface area (Å²) in [5.41, 5.74) is 0.630. The quantitative estimate of drug-likeness (QED) is 0.464. The second-order valence-corrected chi connectivity index (χ2v) is 14.7. The smallest absolute Gasteiger partial charge is 0.264 e. The van der Waals surface area contributed by atoms with E-state index in [1.807, 2.05) is 24.3 Å². The number of aliphatic hydroxyl groups is 1. The number of methoxy groups -OCH3 is 1. The van der Waals surface area contributed by atoms with Crippen molar-refractivity contribution in [3.63, 3.8) is 0 Å². The summed E-state index contributed by atoms with van der Waals surface area (Å²) in [6.07, 6.45) is 1.97. The standard InChI is InChI=1S/C26H32ClNO4Si/c1-6-14-28-22-12-7-18(27)16-21(22)26(25(28)30)17(2)24(23(32-26)13-15-29)33(4,5)20-10-8-19(31-3)9-11-20/h6-12,16-17,23-24,29H,1,13-15H2,2-5H3/t17-,23+,24-,26+/m1/s1. The summed E-state index contributed by atoms with van der Waals surface area (Å²) < 4.78 is 12.1. The molecule has 33 heavy (non-hydrogen) atoms. The highest BCUT2D eigenvalue weighted by Gasteiger charge is 2.66.